The Morgan fingerprint density at radius 3 is 2.36 bits per heavy atom. The van der Waals surface area contributed by atoms with Crippen LogP contribution in [0.3, 0.4) is 0 Å². The van der Waals surface area contributed by atoms with Crippen LogP contribution < -0.4 is 10.6 Å². The van der Waals surface area contributed by atoms with Crippen LogP contribution in [0.15, 0.2) is 59.6 Å². The van der Waals surface area contributed by atoms with Gasteiger partial charge < -0.3 is 15.5 Å². The number of hydrogen-bond donors (Lipinski definition) is 2. The van der Waals surface area contributed by atoms with Crippen molar-refractivity contribution in [3.05, 3.63) is 71.5 Å². The molecule has 0 atom stereocenters. The first-order valence-electron chi connectivity index (χ1n) is 9.21. The van der Waals surface area contributed by atoms with Crippen molar-refractivity contribution < 1.29 is 9.18 Å². The Morgan fingerprint density at radius 2 is 1.71 bits per heavy atom. The minimum atomic E-state index is -0.284. The van der Waals surface area contributed by atoms with Gasteiger partial charge in [-0.05, 0) is 25.5 Å². The van der Waals surface area contributed by atoms with E-state index in [0.29, 0.717) is 31.2 Å². The predicted molar refractivity (Wildman–Crippen MR) is 122 cm³/mol. The topological polar surface area (TPSA) is 56.7 Å². The molecule has 0 aliphatic rings. The van der Waals surface area contributed by atoms with Gasteiger partial charge in [0.15, 0.2) is 5.96 Å². The van der Waals surface area contributed by atoms with Crippen LogP contribution in [-0.4, -0.2) is 36.4 Å². The fourth-order valence-electron chi connectivity index (χ4n) is 2.58. The van der Waals surface area contributed by atoms with Gasteiger partial charge in [0.2, 0.25) is 5.91 Å². The number of hydrogen-bond acceptors (Lipinski definition) is 2. The van der Waals surface area contributed by atoms with E-state index in [4.69, 9.17) is 0 Å². The molecule has 28 heavy (non-hydrogen) atoms. The summed E-state index contributed by atoms with van der Waals surface area (Å²) < 4.78 is 13.7. The molecule has 1 amide bonds. The second-order valence-electron chi connectivity index (χ2n) is 6.03. The maximum Gasteiger partial charge on any atom is 0.242 e. The van der Waals surface area contributed by atoms with Gasteiger partial charge in [0.1, 0.15) is 5.82 Å². The van der Waals surface area contributed by atoms with Crippen molar-refractivity contribution in [2.45, 2.75) is 26.9 Å². The lowest BCUT2D eigenvalue weighted by molar-refractivity contribution is -0.130. The predicted octanol–water partition coefficient (Wildman–Crippen LogP) is 3.55. The molecular weight excluding hydrogens is 470 g/mol. The molecule has 0 spiro atoms. The van der Waals surface area contributed by atoms with Gasteiger partial charge in [-0.2, -0.15) is 0 Å². The van der Waals surface area contributed by atoms with Crippen LogP contribution in [0.1, 0.15) is 25.0 Å². The average Bonchev–Trinajstić information content (AvgIpc) is 2.70. The lowest BCUT2D eigenvalue weighted by atomic mass is 10.2. The summed E-state index contributed by atoms with van der Waals surface area (Å²) in [7, 11) is 0. The quantitative estimate of drug-likeness (QED) is 0.333. The van der Waals surface area contributed by atoms with Crippen LogP contribution in [0.2, 0.25) is 0 Å². The average molecular weight is 498 g/mol. The van der Waals surface area contributed by atoms with E-state index < -0.39 is 0 Å². The number of carbonyl (C=O) groups is 1. The first-order valence-corrected chi connectivity index (χ1v) is 9.21. The van der Waals surface area contributed by atoms with E-state index in [0.717, 1.165) is 5.56 Å². The summed E-state index contributed by atoms with van der Waals surface area (Å²) in [6, 6.07) is 16.4. The molecule has 0 radical (unpaired) electrons. The maximum absolute atomic E-state index is 13.7. The number of likely N-dealkylation sites (N-methyl/N-ethyl adjacent to an activating group) is 1. The molecule has 0 aliphatic carbocycles. The highest BCUT2D eigenvalue weighted by molar-refractivity contribution is 14.0. The van der Waals surface area contributed by atoms with Gasteiger partial charge in [0.05, 0.1) is 13.1 Å². The molecule has 152 valence electrons. The minimum absolute atomic E-state index is 0. The van der Waals surface area contributed by atoms with Crippen LogP contribution in [0.25, 0.3) is 0 Å². The largest absolute Gasteiger partial charge is 0.357 e. The molecule has 2 rings (SSSR count). The summed E-state index contributed by atoms with van der Waals surface area (Å²) in [5, 5.41) is 6.12. The molecule has 0 saturated carbocycles. The summed E-state index contributed by atoms with van der Waals surface area (Å²) in [5.41, 5.74) is 1.60. The molecule has 2 aromatic rings. The van der Waals surface area contributed by atoms with E-state index in [9.17, 15) is 9.18 Å². The smallest absolute Gasteiger partial charge is 0.242 e. The number of aliphatic imine (C=N–C) groups is 1. The van der Waals surface area contributed by atoms with E-state index in [1.807, 2.05) is 44.2 Å². The number of amides is 1. The van der Waals surface area contributed by atoms with Gasteiger partial charge in [-0.25, -0.2) is 9.38 Å². The number of benzene rings is 2. The Kier molecular flexibility index (Phi) is 11.2. The Labute approximate surface area is 183 Å². The molecule has 0 unspecified atom stereocenters. The highest BCUT2D eigenvalue weighted by Gasteiger charge is 2.12. The second-order valence-corrected chi connectivity index (χ2v) is 6.03. The Morgan fingerprint density at radius 1 is 1.04 bits per heavy atom. The third-order valence-electron chi connectivity index (χ3n) is 4.07. The molecule has 0 saturated heterocycles. The lowest BCUT2D eigenvalue weighted by Crippen LogP contribution is -2.44. The van der Waals surface area contributed by atoms with E-state index in [-0.39, 0.29) is 48.8 Å². The zero-order valence-corrected chi connectivity index (χ0v) is 18.7. The van der Waals surface area contributed by atoms with Crippen LogP contribution in [-0.2, 0) is 17.9 Å². The van der Waals surface area contributed by atoms with Crippen molar-refractivity contribution in [2.75, 3.05) is 19.6 Å². The van der Waals surface area contributed by atoms with Crippen LogP contribution in [0.5, 0.6) is 0 Å². The maximum atomic E-state index is 13.7. The first kappa shape index (κ1) is 23.9. The highest BCUT2D eigenvalue weighted by atomic mass is 127. The first-order chi connectivity index (χ1) is 13.1. The van der Waals surface area contributed by atoms with Gasteiger partial charge in [0.25, 0.3) is 0 Å². The van der Waals surface area contributed by atoms with Gasteiger partial charge in [-0.15, -0.1) is 24.0 Å². The summed E-state index contributed by atoms with van der Waals surface area (Å²) in [4.78, 5) is 18.7. The number of guanidine groups is 1. The molecule has 0 aliphatic heterocycles. The molecule has 0 heterocycles. The highest BCUT2D eigenvalue weighted by Crippen LogP contribution is 2.07. The summed E-state index contributed by atoms with van der Waals surface area (Å²) in [6.45, 7) is 6.08. The monoisotopic (exact) mass is 498 g/mol. The number of carbonyl (C=O) groups excluding carboxylic acids is 1. The van der Waals surface area contributed by atoms with Gasteiger partial charge in [0, 0.05) is 25.2 Å². The Hall–Kier alpha value is -2.16. The number of nitrogens with one attached hydrogen (secondary N) is 2. The Bertz CT molecular complexity index is 755. The molecule has 0 bridgehead atoms. The van der Waals surface area contributed by atoms with Crippen molar-refractivity contribution >= 4 is 35.8 Å². The molecular formula is C21H28FIN4O. The third kappa shape index (κ3) is 7.84. The minimum Gasteiger partial charge on any atom is -0.357 e. The second kappa shape index (κ2) is 13.1. The van der Waals surface area contributed by atoms with Crippen molar-refractivity contribution in [2.24, 2.45) is 4.99 Å². The number of nitrogens with zero attached hydrogens (tertiary/aromatic N) is 2. The van der Waals surface area contributed by atoms with E-state index in [1.165, 1.54) is 6.07 Å². The van der Waals surface area contributed by atoms with Gasteiger partial charge in [-0.3, -0.25) is 4.79 Å². The zero-order valence-electron chi connectivity index (χ0n) is 16.3. The molecule has 0 fully saturated rings. The summed E-state index contributed by atoms with van der Waals surface area (Å²) in [6.07, 6.45) is 0. The normalized spacial score (nSPS) is 10.8. The third-order valence-corrected chi connectivity index (χ3v) is 4.07. The fraction of sp³-hybridized carbons (Fsp3) is 0.333. The van der Waals surface area contributed by atoms with Gasteiger partial charge >= 0.3 is 0 Å². The number of rotatable bonds is 8. The van der Waals surface area contributed by atoms with Crippen molar-refractivity contribution in [3.63, 3.8) is 0 Å². The zero-order chi connectivity index (χ0) is 19.5. The lowest BCUT2D eigenvalue weighted by Gasteiger charge is -2.22. The fourth-order valence-corrected chi connectivity index (χ4v) is 2.58. The summed E-state index contributed by atoms with van der Waals surface area (Å²) >= 11 is 0. The Balaban J connectivity index is 0.00000392. The molecule has 5 nitrogen and oxygen atoms in total. The standard InChI is InChI=1S/C21H27FN4O.HI/c1-3-23-21(24-14-18-12-8-9-13-19(18)22)25-15-20(27)26(4-2)16-17-10-6-5-7-11-17;/h5-13H,3-4,14-16H2,1-2H3,(H2,23,24,25);1H. The molecule has 2 N–H and O–H groups in total. The van der Waals surface area contributed by atoms with Crippen LogP contribution in [0, 0.1) is 5.82 Å². The van der Waals surface area contributed by atoms with Gasteiger partial charge in [-0.1, -0.05) is 48.5 Å². The molecule has 0 aromatic heterocycles. The van der Waals surface area contributed by atoms with Crippen LogP contribution >= 0.6 is 24.0 Å². The molecule has 2 aromatic carbocycles. The van der Waals surface area contributed by atoms with E-state index in [2.05, 4.69) is 15.6 Å². The van der Waals surface area contributed by atoms with E-state index >= 15 is 0 Å². The molecule has 7 heteroatoms. The summed E-state index contributed by atoms with van der Waals surface area (Å²) in [5.74, 6) is 0.191. The van der Waals surface area contributed by atoms with E-state index in [1.54, 1.807) is 23.1 Å². The SMILES string of the molecule is CCNC(=NCc1ccccc1F)NCC(=O)N(CC)Cc1ccccc1.I. The van der Waals surface area contributed by atoms with Crippen molar-refractivity contribution in [1.29, 1.82) is 0 Å². The van der Waals surface area contributed by atoms with Crippen molar-refractivity contribution in [1.82, 2.24) is 15.5 Å². The van der Waals surface area contributed by atoms with Crippen molar-refractivity contribution in [3.8, 4) is 0 Å². The van der Waals surface area contributed by atoms with Crippen LogP contribution in [0.4, 0.5) is 4.39 Å². The number of halogens is 2.